The average molecular weight is 214 g/mol. The van der Waals surface area contributed by atoms with Crippen molar-refractivity contribution in [3.8, 4) is 0 Å². The van der Waals surface area contributed by atoms with Crippen LogP contribution in [0.3, 0.4) is 0 Å². The predicted molar refractivity (Wildman–Crippen MR) is 59.5 cm³/mol. The fourth-order valence-corrected chi connectivity index (χ4v) is 1.95. The van der Waals surface area contributed by atoms with E-state index in [1.807, 2.05) is 7.05 Å². The summed E-state index contributed by atoms with van der Waals surface area (Å²) in [6.07, 6.45) is 0.966. The van der Waals surface area contributed by atoms with Crippen LogP contribution in [0.5, 0.6) is 0 Å². The van der Waals surface area contributed by atoms with Crippen LogP contribution in [0, 0.1) is 0 Å². The Balaban J connectivity index is 2.37. The summed E-state index contributed by atoms with van der Waals surface area (Å²) >= 11 is 1.49. The van der Waals surface area contributed by atoms with E-state index in [-0.39, 0.29) is 0 Å². The molecule has 0 aliphatic heterocycles. The molecule has 0 fully saturated rings. The molecule has 1 rings (SSSR count). The maximum absolute atomic E-state index is 4.07. The van der Waals surface area contributed by atoms with E-state index in [2.05, 4.69) is 34.1 Å². The van der Waals surface area contributed by atoms with Crippen molar-refractivity contribution in [2.75, 3.05) is 13.6 Å². The molecule has 0 aromatic carbocycles. The quantitative estimate of drug-likeness (QED) is 0.735. The van der Waals surface area contributed by atoms with Gasteiger partial charge in [0, 0.05) is 19.1 Å². The Labute approximate surface area is 89.3 Å². The van der Waals surface area contributed by atoms with Gasteiger partial charge in [0.1, 0.15) is 0 Å². The standard InChI is InChI=1S/C9H18N4S/c1-4-8-9(14-13-12-8)6-11-7(2)5-10-3/h7,10-11H,4-6H2,1-3H3. The fraction of sp³-hybridized carbons (Fsp3) is 0.778. The fourth-order valence-electron chi connectivity index (χ4n) is 1.27. The van der Waals surface area contributed by atoms with Gasteiger partial charge in [0.05, 0.1) is 10.6 Å². The highest BCUT2D eigenvalue weighted by Crippen LogP contribution is 2.10. The van der Waals surface area contributed by atoms with Crippen molar-refractivity contribution in [2.24, 2.45) is 0 Å². The van der Waals surface area contributed by atoms with Crippen LogP contribution in [0.25, 0.3) is 0 Å². The maximum Gasteiger partial charge on any atom is 0.0797 e. The maximum atomic E-state index is 4.07. The number of hydrogen-bond acceptors (Lipinski definition) is 5. The van der Waals surface area contributed by atoms with Crippen LogP contribution in [0.1, 0.15) is 24.4 Å². The normalized spacial score (nSPS) is 13.1. The SMILES string of the molecule is CCc1nnsc1CNC(C)CNC. The summed E-state index contributed by atoms with van der Waals surface area (Å²) < 4.78 is 3.95. The van der Waals surface area contributed by atoms with Gasteiger partial charge in [-0.15, -0.1) is 5.10 Å². The van der Waals surface area contributed by atoms with Crippen molar-refractivity contribution in [2.45, 2.75) is 32.9 Å². The molecule has 5 heteroatoms. The molecule has 1 atom stereocenters. The Hall–Kier alpha value is -0.520. The highest BCUT2D eigenvalue weighted by atomic mass is 32.1. The Kier molecular flexibility index (Phi) is 5.00. The van der Waals surface area contributed by atoms with Crippen molar-refractivity contribution in [1.29, 1.82) is 0 Å². The first kappa shape index (κ1) is 11.6. The van der Waals surface area contributed by atoms with E-state index in [4.69, 9.17) is 0 Å². The predicted octanol–water partition coefficient (Wildman–Crippen LogP) is 0.798. The summed E-state index contributed by atoms with van der Waals surface area (Å²) in [6, 6.07) is 0.479. The smallest absolute Gasteiger partial charge is 0.0797 e. The molecule has 0 saturated heterocycles. The molecular weight excluding hydrogens is 196 g/mol. The van der Waals surface area contributed by atoms with Gasteiger partial charge in [0.25, 0.3) is 0 Å². The van der Waals surface area contributed by atoms with Crippen molar-refractivity contribution in [1.82, 2.24) is 20.2 Å². The van der Waals surface area contributed by atoms with Crippen molar-refractivity contribution >= 4 is 11.5 Å². The molecular formula is C9H18N4S. The number of hydrogen-bond donors (Lipinski definition) is 2. The summed E-state index contributed by atoms with van der Waals surface area (Å²) in [6.45, 7) is 6.13. The molecule has 1 heterocycles. The average Bonchev–Trinajstić information content (AvgIpc) is 2.62. The van der Waals surface area contributed by atoms with E-state index in [9.17, 15) is 0 Å². The molecule has 0 spiro atoms. The number of nitrogens with zero attached hydrogens (tertiary/aromatic N) is 2. The van der Waals surface area contributed by atoms with E-state index in [1.54, 1.807) is 0 Å². The highest BCUT2D eigenvalue weighted by molar-refractivity contribution is 7.05. The third-order valence-electron chi connectivity index (χ3n) is 2.09. The van der Waals surface area contributed by atoms with Gasteiger partial charge in [-0.25, -0.2) is 0 Å². The van der Waals surface area contributed by atoms with E-state index in [0.717, 1.165) is 25.2 Å². The van der Waals surface area contributed by atoms with Crippen LogP contribution in [0.4, 0.5) is 0 Å². The summed E-state index contributed by atoms with van der Waals surface area (Å²) in [5.74, 6) is 0. The lowest BCUT2D eigenvalue weighted by molar-refractivity contribution is 0.524. The molecule has 14 heavy (non-hydrogen) atoms. The van der Waals surface area contributed by atoms with Crippen LogP contribution in [-0.4, -0.2) is 29.2 Å². The zero-order chi connectivity index (χ0) is 10.4. The van der Waals surface area contributed by atoms with Gasteiger partial charge < -0.3 is 10.6 Å². The van der Waals surface area contributed by atoms with E-state index in [0.29, 0.717) is 6.04 Å². The third kappa shape index (κ3) is 3.32. The van der Waals surface area contributed by atoms with E-state index >= 15 is 0 Å². The van der Waals surface area contributed by atoms with Crippen molar-refractivity contribution < 1.29 is 0 Å². The van der Waals surface area contributed by atoms with Crippen molar-refractivity contribution in [3.63, 3.8) is 0 Å². The zero-order valence-electron chi connectivity index (χ0n) is 9.00. The number of rotatable bonds is 6. The summed E-state index contributed by atoms with van der Waals surface area (Å²) in [5, 5.41) is 10.6. The van der Waals surface area contributed by atoms with Crippen LogP contribution in [0.15, 0.2) is 0 Å². The lowest BCUT2D eigenvalue weighted by atomic mass is 10.2. The molecule has 0 aliphatic rings. The van der Waals surface area contributed by atoms with Crippen LogP contribution in [-0.2, 0) is 13.0 Å². The second-order valence-corrected chi connectivity index (χ2v) is 4.17. The summed E-state index contributed by atoms with van der Waals surface area (Å²) in [5.41, 5.74) is 1.12. The Bertz CT molecular complexity index is 261. The second kappa shape index (κ2) is 6.06. The third-order valence-corrected chi connectivity index (χ3v) is 2.85. The molecule has 80 valence electrons. The first-order valence-electron chi connectivity index (χ1n) is 4.96. The van der Waals surface area contributed by atoms with Crippen LogP contribution >= 0.6 is 11.5 Å². The number of nitrogens with one attached hydrogen (secondary N) is 2. The Morgan fingerprint density at radius 1 is 1.50 bits per heavy atom. The minimum absolute atomic E-state index is 0.479. The largest absolute Gasteiger partial charge is 0.318 e. The molecule has 1 aromatic rings. The van der Waals surface area contributed by atoms with E-state index in [1.165, 1.54) is 16.4 Å². The monoisotopic (exact) mass is 214 g/mol. The first-order valence-corrected chi connectivity index (χ1v) is 5.73. The van der Waals surface area contributed by atoms with Crippen molar-refractivity contribution in [3.05, 3.63) is 10.6 Å². The van der Waals surface area contributed by atoms with Gasteiger partial charge in [-0.2, -0.15) is 0 Å². The number of likely N-dealkylation sites (N-methyl/N-ethyl adjacent to an activating group) is 1. The molecule has 2 N–H and O–H groups in total. The van der Waals surface area contributed by atoms with Gasteiger partial charge in [0.2, 0.25) is 0 Å². The summed E-state index contributed by atoms with van der Waals surface area (Å²) in [4.78, 5) is 1.26. The Morgan fingerprint density at radius 2 is 2.29 bits per heavy atom. The van der Waals surface area contributed by atoms with Crippen LogP contribution < -0.4 is 10.6 Å². The highest BCUT2D eigenvalue weighted by Gasteiger charge is 2.06. The van der Waals surface area contributed by atoms with Crippen LogP contribution in [0.2, 0.25) is 0 Å². The number of aryl methyl sites for hydroxylation is 1. The molecule has 0 saturated carbocycles. The van der Waals surface area contributed by atoms with Gasteiger partial charge in [-0.3, -0.25) is 0 Å². The molecule has 0 aliphatic carbocycles. The van der Waals surface area contributed by atoms with E-state index < -0.39 is 0 Å². The summed E-state index contributed by atoms with van der Waals surface area (Å²) in [7, 11) is 1.96. The molecule has 0 amide bonds. The Morgan fingerprint density at radius 3 is 2.93 bits per heavy atom. The minimum Gasteiger partial charge on any atom is -0.318 e. The second-order valence-electron chi connectivity index (χ2n) is 3.34. The van der Waals surface area contributed by atoms with Gasteiger partial charge in [-0.1, -0.05) is 11.4 Å². The molecule has 4 nitrogen and oxygen atoms in total. The number of aromatic nitrogens is 2. The topological polar surface area (TPSA) is 49.8 Å². The van der Waals surface area contributed by atoms with Gasteiger partial charge in [0.15, 0.2) is 0 Å². The van der Waals surface area contributed by atoms with Gasteiger partial charge in [-0.05, 0) is 31.9 Å². The molecule has 0 bridgehead atoms. The minimum atomic E-state index is 0.479. The zero-order valence-corrected chi connectivity index (χ0v) is 9.82. The van der Waals surface area contributed by atoms with Gasteiger partial charge >= 0.3 is 0 Å². The first-order chi connectivity index (χ1) is 6.77. The molecule has 1 aromatic heterocycles. The lowest BCUT2D eigenvalue weighted by Gasteiger charge is -2.11. The molecule has 0 radical (unpaired) electrons. The molecule has 1 unspecified atom stereocenters. The lowest BCUT2D eigenvalue weighted by Crippen LogP contribution is -2.34.